The number of methoxy groups -OCH3 is 1. The number of benzene rings is 1. The predicted octanol–water partition coefficient (Wildman–Crippen LogP) is 2.38. The third-order valence-corrected chi connectivity index (χ3v) is 3.25. The first-order chi connectivity index (χ1) is 10.0. The van der Waals surface area contributed by atoms with Crippen molar-refractivity contribution in [3.05, 3.63) is 29.8 Å². The topological polar surface area (TPSA) is 50.4 Å². The Hall–Kier alpha value is -1.55. The fourth-order valence-corrected chi connectivity index (χ4v) is 2.03. The number of ether oxygens (including phenoxy) is 1. The smallest absolute Gasteiger partial charge is 0.221 e. The number of hydrogen-bond donors (Lipinski definition) is 2. The lowest BCUT2D eigenvalue weighted by Gasteiger charge is -2.14. The third-order valence-electron chi connectivity index (χ3n) is 3.25. The monoisotopic (exact) mass is 292 g/mol. The van der Waals surface area contributed by atoms with Crippen molar-refractivity contribution >= 4 is 5.91 Å². The van der Waals surface area contributed by atoms with Crippen LogP contribution >= 0.6 is 0 Å². The van der Waals surface area contributed by atoms with Crippen LogP contribution in [0.5, 0.6) is 5.75 Å². The fraction of sp³-hybridized carbons (Fsp3) is 0.588. The van der Waals surface area contributed by atoms with Gasteiger partial charge in [0, 0.05) is 25.6 Å². The Balaban J connectivity index is 2.21. The second-order valence-electron chi connectivity index (χ2n) is 5.86. The molecule has 2 N–H and O–H groups in total. The summed E-state index contributed by atoms with van der Waals surface area (Å²) >= 11 is 0. The number of nitrogens with one attached hydrogen (secondary N) is 2. The van der Waals surface area contributed by atoms with Gasteiger partial charge in [-0.1, -0.05) is 26.0 Å². The zero-order valence-corrected chi connectivity index (χ0v) is 13.6. The van der Waals surface area contributed by atoms with Gasteiger partial charge in [0.15, 0.2) is 0 Å². The van der Waals surface area contributed by atoms with E-state index in [1.165, 1.54) is 5.56 Å². The van der Waals surface area contributed by atoms with E-state index in [-0.39, 0.29) is 5.91 Å². The molecule has 0 aliphatic rings. The molecule has 1 aromatic rings. The molecule has 0 saturated carbocycles. The molecule has 1 unspecified atom stereocenters. The van der Waals surface area contributed by atoms with E-state index in [1.54, 1.807) is 7.11 Å². The van der Waals surface area contributed by atoms with Crippen LogP contribution in [-0.2, 0) is 11.2 Å². The van der Waals surface area contributed by atoms with Crippen molar-refractivity contribution in [2.75, 3.05) is 20.2 Å². The predicted molar refractivity (Wildman–Crippen MR) is 86.6 cm³/mol. The Bertz CT molecular complexity index is 415. The van der Waals surface area contributed by atoms with Crippen molar-refractivity contribution in [1.29, 1.82) is 0 Å². The highest BCUT2D eigenvalue weighted by Gasteiger charge is 2.06. The molecule has 0 radical (unpaired) electrons. The van der Waals surface area contributed by atoms with Gasteiger partial charge < -0.3 is 15.4 Å². The molecular formula is C17H28N2O2. The van der Waals surface area contributed by atoms with Gasteiger partial charge in [-0.2, -0.15) is 0 Å². The number of amides is 1. The third kappa shape index (κ3) is 7.71. The summed E-state index contributed by atoms with van der Waals surface area (Å²) in [7, 11) is 1.67. The summed E-state index contributed by atoms with van der Waals surface area (Å²) in [6, 6.07) is 8.44. The van der Waals surface area contributed by atoms with E-state index in [2.05, 4.69) is 43.5 Å². The number of carbonyl (C=O) groups is 1. The van der Waals surface area contributed by atoms with Crippen LogP contribution in [0.25, 0.3) is 0 Å². The molecule has 0 heterocycles. The molecule has 0 saturated heterocycles. The first-order valence-corrected chi connectivity index (χ1v) is 7.64. The average Bonchev–Trinajstić information content (AvgIpc) is 2.46. The van der Waals surface area contributed by atoms with Gasteiger partial charge in [-0.15, -0.1) is 0 Å². The number of rotatable bonds is 9. The number of hydrogen-bond acceptors (Lipinski definition) is 3. The number of carbonyl (C=O) groups excluding carboxylic acids is 1. The second kappa shape index (κ2) is 9.40. The quantitative estimate of drug-likeness (QED) is 0.735. The maximum atomic E-state index is 11.6. The van der Waals surface area contributed by atoms with Crippen molar-refractivity contribution in [3.8, 4) is 5.75 Å². The molecule has 1 atom stereocenters. The molecule has 4 nitrogen and oxygen atoms in total. The SMILES string of the molecule is COc1ccc(CC(C)NCCC(=O)NCC(C)C)cc1. The van der Waals surface area contributed by atoms with Crippen molar-refractivity contribution in [2.45, 2.75) is 39.7 Å². The maximum Gasteiger partial charge on any atom is 0.221 e. The summed E-state index contributed by atoms with van der Waals surface area (Å²) in [6.45, 7) is 7.78. The summed E-state index contributed by atoms with van der Waals surface area (Å²) in [6.07, 6.45) is 1.47. The zero-order chi connectivity index (χ0) is 15.7. The summed E-state index contributed by atoms with van der Waals surface area (Å²) in [5, 5.41) is 6.31. The van der Waals surface area contributed by atoms with Crippen LogP contribution in [0.2, 0.25) is 0 Å². The Morgan fingerprint density at radius 3 is 2.43 bits per heavy atom. The molecule has 0 aromatic heterocycles. The van der Waals surface area contributed by atoms with Gasteiger partial charge in [0.2, 0.25) is 5.91 Å². The Labute approximate surface area is 128 Å². The van der Waals surface area contributed by atoms with Crippen molar-refractivity contribution in [3.63, 3.8) is 0 Å². The highest BCUT2D eigenvalue weighted by Crippen LogP contribution is 2.12. The largest absolute Gasteiger partial charge is 0.497 e. The molecular weight excluding hydrogens is 264 g/mol. The zero-order valence-electron chi connectivity index (χ0n) is 13.6. The molecule has 21 heavy (non-hydrogen) atoms. The molecule has 4 heteroatoms. The summed E-state index contributed by atoms with van der Waals surface area (Å²) < 4.78 is 5.15. The molecule has 118 valence electrons. The molecule has 0 aliphatic heterocycles. The van der Waals surface area contributed by atoms with E-state index in [4.69, 9.17) is 4.74 Å². The van der Waals surface area contributed by atoms with Gasteiger partial charge in [0.1, 0.15) is 5.75 Å². The highest BCUT2D eigenvalue weighted by molar-refractivity contribution is 5.76. The Kier molecular flexibility index (Phi) is 7.83. The minimum atomic E-state index is 0.118. The van der Waals surface area contributed by atoms with E-state index in [9.17, 15) is 4.79 Å². The maximum absolute atomic E-state index is 11.6. The van der Waals surface area contributed by atoms with E-state index >= 15 is 0 Å². The first kappa shape index (κ1) is 17.5. The normalized spacial score (nSPS) is 12.2. The second-order valence-corrected chi connectivity index (χ2v) is 5.86. The molecule has 0 spiro atoms. The van der Waals surface area contributed by atoms with Crippen molar-refractivity contribution < 1.29 is 9.53 Å². The van der Waals surface area contributed by atoms with Gasteiger partial charge in [0.05, 0.1) is 7.11 Å². The minimum Gasteiger partial charge on any atom is -0.497 e. The molecule has 0 bridgehead atoms. The van der Waals surface area contributed by atoms with Crippen LogP contribution in [0.1, 0.15) is 32.8 Å². The lowest BCUT2D eigenvalue weighted by atomic mass is 10.1. The summed E-state index contributed by atoms with van der Waals surface area (Å²) in [4.78, 5) is 11.6. The fourth-order valence-electron chi connectivity index (χ4n) is 2.03. The van der Waals surface area contributed by atoms with Gasteiger partial charge in [-0.25, -0.2) is 0 Å². The molecule has 1 rings (SSSR count). The standard InChI is InChI=1S/C17H28N2O2/c1-13(2)12-19-17(20)9-10-18-14(3)11-15-5-7-16(21-4)8-6-15/h5-8,13-14,18H,9-12H2,1-4H3,(H,19,20). The van der Waals surface area contributed by atoms with Gasteiger partial charge >= 0.3 is 0 Å². The Morgan fingerprint density at radius 2 is 1.86 bits per heavy atom. The van der Waals surface area contributed by atoms with Crippen LogP contribution < -0.4 is 15.4 Å². The highest BCUT2D eigenvalue weighted by atomic mass is 16.5. The van der Waals surface area contributed by atoms with Crippen LogP contribution in [0.15, 0.2) is 24.3 Å². The van der Waals surface area contributed by atoms with Crippen molar-refractivity contribution in [1.82, 2.24) is 10.6 Å². The molecule has 0 aliphatic carbocycles. The minimum absolute atomic E-state index is 0.118. The van der Waals surface area contributed by atoms with Crippen LogP contribution in [0, 0.1) is 5.92 Å². The Morgan fingerprint density at radius 1 is 1.19 bits per heavy atom. The van der Waals surface area contributed by atoms with Gasteiger partial charge in [-0.05, 0) is 37.0 Å². The van der Waals surface area contributed by atoms with E-state index in [0.717, 1.165) is 18.7 Å². The first-order valence-electron chi connectivity index (χ1n) is 7.64. The van der Waals surface area contributed by atoms with Gasteiger partial charge in [-0.3, -0.25) is 4.79 Å². The summed E-state index contributed by atoms with van der Waals surface area (Å²) in [5.74, 6) is 1.49. The van der Waals surface area contributed by atoms with Crippen LogP contribution in [-0.4, -0.2) is 32.1 Å². The lowest BCUT2D eigenvalue weighted by Crippen LogP contribution is -2.34. The molecule has 1 amide bonds. The van der Waals surface area contributed by atoms with Crippen molar-refractivity contribution in [2.24, 2.45) is 5.92 Å². The van der Waals surface area contributed by atoms with Gasteiger partial charge in [0.25, 0.3) is 0 Å². The lowest BCUT2D eigenvalue weighted by molar-refractivity contribution is -0.121. The van der Waals surface area contributed by atoms with E-state index in [1.807, 2.05) is 12.1 Å². The van der Waals surface area contributed by atoms with E-state index < -0.39 is 0 Å². The van der Waals surface area contributed by atoms with Crippen LogP contribution in [0.3, 0.4) is 0 Å². The average molecular weight is 292 g/mol. The summed E-state index contributed by atoms with van der Waals surface area (Å²) in [5.41, 5.74) is 1.26. The molecule has 0 fully saturated rings. The van der Waals surface area contributed by atoms with E-state index in [0.29, 0.717) is 24.9 Å². The van der Waals surface area contributed by atoms with Crippen LogP contribution in [0.4, 0.5) is 0 Å². The molecule has 1 aromatic carbocycles.